The van der Waals surface area contributed by atoms with Gasteiger partial charge in [-0.15, -0.1) is 12.4 Å². The highest BCUT2D eigenvalue weighted by atomic mass is 35.5. The summed E-state index contributed by atoms with van der Waals surface area (Å²) in [5.41, 5.74) is 7.93. The number of hydrogen-bond acceptors (Lipinski definition) is 3. The van der Waals surface area contributed by atoms with Gasteiger partial charge in [-0.3, -0.25) is 9.59 Å². The molecule has 1 aliphatic heterocycles. The average Bonchev–Trinajstić information content (AvgIpc) is 3.07. The number of anilines is 1. The van der Waals surface area contributed by atoms with Crippen LogP contribution in [0.4, 0.5) is 5.69 Å². The fourth-order valence-electron chi connectivity index (χ4n) is 4.11. The van der Waals surface area contributed by atoms with Gasteiger partial charge in [0, 0.05) is 31.6 Å². The smallest absolute Gasteiger partial charge is 0.227 e. The maximum absolute atomic E-state index is 12.4. The highest BCUT2D eigenvalue weighted by Crippen LogP contribution is 2.38. The van der Waals surface area contributed by atoms with Crippen molar-refractivity contribution in [3.8, 4) is 0 Å². The first-order valence-electron chi connectivity index (χ1n) is 9.48. The third-order valence-electron chi connectivity index (χ3n) is 5.67. The van der Waals surface area contributed by atoms with Gasteiger partial charge in [0.2, 0.25) is 11.8 Å². The highest BCUT2D eigenvalue weighted by molar-refractivity contribution is 5.95. The van der Waals surface area contributed by atoms with Crippen molar-refractivity contribution in [1.29, 1.82) is 0 Å². The van der Waals surface area contributed by atoms with Crippen LogP contribution in [0.15, 0.2) is 24.3 Å². The summed E-state index contributed by atoms with van der Waals surface area (Å²) in [6.07, 6.45) is 7.79. The van der Waals surface area contributed by atoms with E-state index in [1.165, 1.54) is 19.3 Å². The van der Waals surface area contributed by atoms with Gasteiger partial charge in [0.15, 0.2) is 0 Å². The molecule has 0 atom stereocenters. The van der Waals surface area contributed by atoms with Crippen molar-refractivity contribution in [2.75, 3.05) is 18.0 Å². The summed E-state index contributed by atoms with van der Waals surface area (Å²) in [4.78, 5) is 26.1. The standard InChI is InChI=1S/C20H29N3O2.ClH/c21-15-20(9-2-1-3-10-20)13-18(24)22-14-16-6-4-7-17(12-16)23-11-5-8-19(23)25;/h4,6-7,12H,1-3,5,8-11,13-15,21H2,(H,22,24);1H. The van der Waals surface area contributed by atoms with Gasteiger partial charge in [-0.1, -0.05) is 31.4 Å². The number of rotatable bonds is 6. The Morgan fingerprint density at radius 3 is 2.62 bits per heavy atom. The molecule has 3 N–H and O–H groups in total. The molecule has 1 aliphatic carbocycles. The van der Waals surface area contributed by atoms with Gasteiger partial charge in [-0.05, 0) is 48.9 Å². The molecule has 1 heterocycles. The summed E-state index contributed by atoms with van der Waals surface area (Å²) in [5.74, 6) is 0.262. The van der Waals surface area contributed by atoms with Crippen LogP contribution in [0.5, 0.6) is 0 Å². The van der Waals surface area contributed by atoms with Crippen molar-refractivity contribution >= 4 is 29.9 Å². The number of carbonyl (C=O) groups is 2. The molecule has 1 saturated carbocycles. The molecule has 0 radical (unpaired) electrons. The van der Waals surface area contributed by atoms with E-state index in [1.54, 1.807) is 0 Å². The molecule has 2 aliphatic rings. The van der Waals surface area contributed by atoms with Crippen molar-refractivity contribution in [2.24, 2.45) is 11.1 Å². The van der Waals surface area contributed by atoms with E-state index in [2.05, 4.69) is 5.32 Å². The van der Waals surface area contributed by atoms with Crippen LogP contribution in [0, 0.1) is 5.41 Å². The Bertz CT molecular complexity index is 629. The lowest BCUT2D eigenvalue weighted by atomic mass is 9.71. The Balaban J connectivity index is 0.00000243. The minimum Gasteiger partial charge on any atom is -0.352 e. The molecule has 1 saturated heterocycles. The van der Waals surface area contributed by atoms with Gasteiger partial charge < -0.3 is 16.0 Å². The van der Waals surface area contributed by atoms with E-state index in [9.17, 15) is 9.59 Å². The summed E-state index contributed by atoms with van der Waals surface area (Å²) in [6, 6.07) is 7.90. The van der Waals surface area contributed by atoms with Crippen LogP contribution in [-0.4, -0.2) is 24.9 Å². The SMILES string of the molecule is Cl.NCC1(CC(=O)NCc2cccc(N3CCCC3=O)c2)CCCCC1. The predicted molar refractivity (Wildman–Crippen MR) is 106 cm³/mol. The fraction of sp³-hybridized carbons (Fsp3) is 0.600. The van der Waals surface area contributed by atoms with Crippen molar-refractivity contribution in [3.05, 3.63) is 29.8 Å². The van der Waals surface area contributed by atoms with Gasteiger partial charge >= 0.3 is 0 Å². The normalized spacial score (nSPS) is 19.1. The Labute approximate surface area is 162 Å². The Morgan fingerprint density at radius 2 is 1.96 bits per heavy atom. The number of carbonyl (C=O) groups excluding carboxylic acids is 2. The highest BCUT2D eigenvalue weighted by Gasteiger charge is 2.32. The second kappa shape index (κ2) is 9.38. The summed E-state index contributed by atoms with van der Waals surface area (Å²) in [6.45, 7) is 1.87. The lowest BCUT2D eigenvalue weighted by Crippen LogP contribution is -2.38. The van der Waals surface area contributed by atoms with Crippen molar-refractivity contribution < 1.29 is 9.59 Å². The number of amides is 2. The molecule has 144 valence electrons. The summed E-state index contributed by atoms with van der Waals surface area (Å²) >= 11 is 0. The van der Waals surface area contributed by atoms with E-state index in [1.807, 2.05) is 29.2 Å². The topological polar surface area (TPSA) is 75.4 Å². The van der Waals surface area contributed by atoms with Crippen LogP contribution in [-0.2, 0) is 16.1 Å². The molecule has 0 spiro atoms. The molecule has 0 unspecified atom stereocenters. The molecule has 1 aromatic carbocycles. The number of nitrogens with one attached hydrogen (secondary N) is 1. The third kappa shape index (κ3) is 4.98. The zero-order valence-corrected chi connectivity index (χ0v) is 16.2. The molecule has 6 heteroatoms. The number of nitrogens with two attached hydrogens (primary N) is 1. The van der Waals surface area contributed by atoms with E-state index in [-0.39, 0.29) is 29.6 Å². The predicted octanol–water partition coefficient (Wildman–Crippen LogP) is 3.15. The third-order valence-corrected chi connectivity index (χ3v) is 5.67. The molecule has 2 fully saturated rings. The van der Waals surface area contributed by atoms with E-state index in [0.29, 0.717) is 25.9 Å². The van der Waals surface area contributed by atoms with Crippen molar-refractivity contribution in [1.82, 2.24) is 5.32 Å². The molecule has 0 aromatic heterocycles. The maximum Gasteiger partial charge on any atom is 0.227 e. The molecular weight excluding hydrogens is 350 g/mol. The molecular formula is C20H30ClN3O2. The number of hydrogen-bond donors (Lipinski definition) is 2. The Morgan fingerprint density at radius 1 is 1.19 bits per heavy atom. The minimum atomic E-state index is -0.00779. The van der Waals surface area contributed by atoms with Crippen LogP contribution >= 0.6 is 12.4 Å². The summed E-state index contributed by atoms with van der Waals surface area (Å²) in [5, 5.41) is 3.04. The largest absolute Gasteiger partial charge is 0.352 e. The van der Waals surface area contributed by atoms with Gasteiger partial charge in [-0.2, -0.15) is 0 Å². The Hall–Kier alpha value is -1.59. The lowest BCUT2D eigenvalue weighted by molar-refractivity contribution is -0.124. The molecule has 2 amide bonds. The molecule has 3 rings (SSSR count). The van der Waals surface area contributed by atoms with Crippen LogP contribution < -0.4 is 16.0 Å². The monoisotopic (exact) mass is 379 g/mol. The maximum atomic E-state index is 12.4. The quantitative estimate of drug-likeness (QED) is 0.797. The molecule has 5 nitrogen and oxygen atoms in total. The van der Waals surface area contributed by atoms with Crippen molar-refractivity contribution in [3.63, 3.8) is 0 Å². The van der Waals surface area contributed by atoms with Crippen LogP contribution in [0.1, 0.15) is 56.9 Å². The number of benzene rings is 1. The van der Waals surface area contributed by atoms with E-state index >= 15 is 0 Å². The average molecular weight is 380 g/mol. The van der Waals surface area contributed by atoms with Gasteiger partial charge in [0.1, 0.15) is 0 Å². The minimum absolute atomic E-state index is 0. The fourth-order valence-corrected chi connectivity index (χ4v) is 4.11. The van der Waals surface area contributed by atoms with Crippen LogP contribution in [0.2, 0.25) is 0 Å². The zero-order chi connectivity index (χ0) is 17.7. The van der Waals surface area contributed by atoms with E-state index < -0.39 is 0 Å². The molecule has 0 bridgehead atoms. The molecule has 1 aromatic rings. The number of nitrogens with zero attached hydrogens (tertiary/aromatic N) is 1. The van der Waals surface area contributed by atoms with Crippen LogP contribution in [0.25, 0.3) is 0 Å². The number of halogens is 1. The molecule has 26 heavy (non-hydrogen) atoms. The van der Waals surface area contributed by atoms with E-state index in [4.69, 9.17) is 5.73 Å². The van der Waals surface area contributed by atoms with E-state index in [0.717, 1.165) is 37.1 Å². The van der Waals surface area contributed by atoms with Gasteiger partial charge in [-0.25, -0.2) is 0 Å². The summed E-state index contributed by atoms with van der Waals surface area (Å²) < 4.78 is 0. The second-order valence-electron chi connectivity index (χ2n) is 7.54. The van der Waals surface area contributed by atoms with Gasteiger partial charge in [0.25, 0.3) is 0 Å². The van der Waals surface area contributed by atoms with Crippen molar-refractivity contribution in [2.45, 2.75) is 57.9 Å². The first-order chi connectivity index (χ1) is 12.1. The van der Waals surface area contributed by atoms with Gasteiger partial charge in [0.05, 0.1) is 0 Å². The summed E-state index contributed by atoms with van der Waals surface area (Å²) in [7, 11) is 0. The lowest BCUT2D eigenvalue weighted by Gasteiger charge is -2.35. The first kappa shape index (κ1) is 20.7. The van der Waals surface area contributed by atoms with Crippen LogP contribution in [0.3, 0.4) is 0 Å². The zero-order valence-electron chi connectivity index (χ0n) is 15.3. The second-order valence-corrected chi connectivity index (χ2v) is 7.54. The first-order valence-corrected chi connectivity index (χ1v) is 9.48. The Kier molecular flexibility index (Phi) is 7.47.